The van der Waals surface area contributed by atoms with Crippen molar-refractivity contribution in [2.45, 2.75) is 13.5 Å². The normalized spacial score (nSPS) is 11.7. The van der Waals surface area contributed by atoms with Gasteiger partial charge in [0.1, 0.15) is 0 Å². The standard InChI is InChI=1S/C9H13BrN2OS.ClH/c1-6(3-11)9(13)12-4-8-2-7(10)5-14-8;/h2,5-6H,3-4,11H2,1H3,(H,12,13);1H. The van der Waals surface area contributed by atoms with Crippen LogP contribution in [0.25, 0.3) is 0 Å². The Labute approximate surface area is 108 Å². The van der Waals surface area contributed by atoms with Gasteiger partial charge in [-0.1, -0.05) is 6.92 Å². The van der Waals surface area contributed by atoms with Crippen molar-refractivity contribution in [2.24, 2.45) is 11.7 Å². The minimum Gasteiger partial charge on any atom is -0.351 e. The second kappa shape index (κ2) is 7.22. The third-order valence-electron chi connectivity index (χ3n) is 1.86. The van der Waals surface area contributed by atoms with Gasteiger partial charge in [0.25, 0.3) is 0 Å². The number of hydrogen-bond acceptors (Lipinski definition) is 3. The van der Waals surface area contributed by atoms with Gasteiger partial charge in [0.2, 0.25) is 5.91 Å². The van der Waals surface area contributed by atoms with E-state index >= 15 is 0 Å². The van der Waals surface area contributed by atoms with E-state index in [4.69, 9.17) is 5.73 Å². The molecule has 0 fully saturated rings. The van der Waals surface area contributed by atoms with E-state index in [-0.39, 0.29) is 24.2 Å². The fraction of sp³-hybridized carbons (Fsp3) is 0.444. The summed E-state index contributed by atoms with van der Waals surface area (Å²) in [6, 6.07) is 2.00. The summed E-state index contributed by atoms with van der Waals surface area (Å²) in [7, 11) is 0. The molecule has 0 aliphatic heterocycles. The van der Waals surface area contributed by atoms with E-state index in [0.29, 0.717) is 13.1 Å². The Kier molecular flexibility index (Phi) is 7.17. The van der Waals surface area contributed by atoms with Crippen molar-refractivity contribution >= 4 is 45.6 Å². The van der Waals surface area contributed by atoms with Crippen LogP contribution in [0.1, 0.15) is 11.8 Å². The second-order valence-corrected chi connectivity index (χ2v) is 5.00. The number of hydrogen-bond donors (Lipinski definition) is 2. The van der Waals surface area contributed by atoms with Crippen LogP contribution in [0.3, 0.4) is 0 Å². The van der Waals surface area contributed by atoms with Gasteiger partial charge in [-0.25, -0.2) is 0 Å². The van der Waals surface area contributed by atoms with Crippen molar-refractivity contribution in [1.29, 1.82) is 0 Å². The molecule has 0 spiro atoms. The van der Waals surface area contributed by atoms with Gasteiger partial charge in [0, 0.05) is 27.2 Å². The first-order valence-electron chi connectivity index (χ1n) is 4.34. The molecule has 0 bridgehead atoms. The van der Waals surface area contributed by atoms with Gasteiger partial charge in [0.15, 0.2) is 0 Å². The molecule has 0 saturated heterocycles. The molecule has 0 aliphatic carbocycles. The number of amides is 1. The van der Waals surface area contributed by atoms with Gasteiger partial charge >= 0.3 is 0 Å². The summed E-state index contributed by atoms with van der Waals surface area (Å²) in [5, 5.41) is 4.83. The summed E-state index contributed by atoms with van der Waals surface area (Å²) in [5.74, 6) is -0.101. The molecule has 1 aromatic rings. The van der Waals surface area contributed by atoms with E-state index in [1.54, 1.807) is 11.3 Å². The lowest BCUT2D eigenvalue weighted by molar-refractivity contribution is -0.124. The lowest BCUT2D eigenvalue weighted by Crippen LogP contribution is -2.32. The van der Waals surface area contributed by atoms with Gasteiger partial charge < -0.3 is 11.1 Å². The maximum atomic E-state index is 11.4. The van der Waals surface area contributed by atoms with Crippen LogP contribution in [0.15, 0.2) is 15.9 Å². The smallest absolute Gasteiger partial charge is 0.224 e. The highest BCUT2D eigenvalue weighted by Gasteiger charge is 2.10. The molecule has 86 valence electrons. The third kappa shape index (κ3) is 4.97. The molecular weight excluding hydrogens is 300 g/mol. The highest BCUT2D eigenvalue weighted by molar-refractivity contribution is 9.10. The molecule has 0 aliphatic rings. The predicted octanol–water partition coefficient (Wildman–Crippen LogP) is 2.14. The Hall–Kier alpha value is -0.100. The summed E-state index contributed by atoms with van der Waals surface area (Å²) in [6.07, 6.45) is 0. The van der Waals surface area contributed by atoms with Gasteiger partial charge in [0.05, 0.1) is 6.54 Å². The van der Waals surface area contributed by atoms with Crippen LogP contribution in [0.4, 0.5) is 0 Å². The van der Waals surface area contributed by atoms with E-state index in [0.717, 1.165) is 9.35 Å². The highest BCUT2D eigenvalue weighted by Crippen LogP contribution is 2.19. The SMILES string of the molecule is CC(CN)C(=O)NCc1cc(Br)cs1.Cl. The number of nitrogens with two attached hydrogens (primary N) is 1. The van der Waals surface area contributed by atoms with Crippen molar-refractivity contribution in [2.75, 3.05) is 6.54 Å². The molecule has 1 amide bonds. The molecule has 15 heavy (non-hydrogen) atoms. The minimum absolute atomic E-state index is 0. The lowest BCUT2D eigenvalue weighted by atomic mass is 10.2. The Morgan fingerprint density at radius 2 is 2.40 bits per heavy atom. The number of carbonyl (C=O) groups is 1. The Morgan fingerprint density at radius 3 is 2.87 bits per heavy atom. The van der Waals surface area contributed by atoms with E-state index < -0.39 is 0 Å². The summed E-state index contributed by atoms with van der Waals surface area (Å²) in [4.78, 5) is 12.5. The zero-order valence-electron chi connectivity index (χ0n) is 8.33. The van der Waals surface area contributed by atoms with E-state index in [1.165, 1.54) is 0 Å². The average molecular weight is 314 g/mol. The van der Waals surface area contributed by atoms with Gasteiger partial charge in [-0.3, -0.25) is 4.79 Å². The molecule has 1 rings (SSSR count). The van der Waals surface area contributed by atoms with E-state index in [1.807, 2.05) is 18.4 Å². The lowest BCUT2D eigenvalue weighted by Gasteiger charge is -2.08. The minimum atomic E-state index is -0.113. The highest BCUT2D eigenvalue weighted by atomic mass is 79.9. The zero-order chi connectivity index (χ0) is 10.6. The summed E-state index contributed by atoms with van der Waals surface area (Å²) < 4.78 is 1.05. The van der Waals surface area contributed by atoms with Crippen LogP contribution >= 0.6 is 39.7 Å². The summed E-state index contributed by atoms with van der Waals surface area (Å²) in [5.41, 5.74) is 5.38. The Morgan fingerprint density at radius 1 is 1.73 bits per heavy atom. The Balaban J connectivity index is 0.00000196. The molecule has 6 heteroatoms. The van der Waals surface area contributed by atoms with Crippen molar-refractivity contribution < 1.29 is 4.79 Å². The van der Waals surface area contributed by atoms with Crippen molar-refractivity contribution in [3.63, 3.8) is 0 Å². The molecular formula is C9H14BrClN2OS. The number of rotatable bonds is 4. The summed E-state index contributed by atoms with van der Waals surface area (Å²) >= 11 is 4.98. The van der Waals surface area contributed by atoms with Gasteiger partial charge in [-0.15, -0.1) is 23.7 Å². The maximum Gasteiger partial charge on any atom is 0.224 e. The average Bonchev–Trinajstić information content (AvgIpc) is 2.59. The van der Waals surface area contributed by atoms with Crippen LogP contribution < -0.4 is 11.1 Å². The molecule has 1 heterocycles. The van der Waals surface area contributed by atoms with E-state index in [2.05, 4.69) is 21.2 Å². The van der Waals surface area contributed by atoms with Gasteiger partial charge in [-0.05, 0) is 22.0 Å². The summed E-state index contributed by atoms with van der Waals surface area (Å²) in [6.45, 7) is 2.79. The molecule has 1 aromatic heterocycles. The van der Waals surface area contributed by atoms with Crippen molar-refractivity contribution in [3.8, 4) is 0 Å². The van der Waals surface area contributed by atoms with Crippen molar-refractivity contribution in [3.05, 3.63) is 20.8 Å². The number of carbonyl (C=O) groups excluding carboxylic acids is 1. The first-order chi connectivity index (χ1) is 6.63. The number of halogens is 2. The molecule has 1 atom stereocenters. The van der Waals surface area contributed by atoms with Crippen LogP contribution in [-0.2, 0) is 11.3 Å². The van der Waals surface area contributed by atoms with Crippen LogP contribution in [0.5, 0.6) is 0 Å². The fourth-order valence-corrected chi connectivity index (χ4v) is 2.29. The monoisotopic (exact) mass is 312 g/mol. The van der Waals surface area contributed by atoms with E-state index in [9.17, 15) is 4.79 Å². The zero-order valence-corrected chi connectivity index (χ0v) is 11.5. The molecule has 3 N–H and O–H groups in total. The quantitative estimate of drug-likeness (QED) is 0.895. The fourth-order valence-electron chi connectivity index (χ4n) is 0.902. The van der Waals surface area contributed by atoms with Crippen molar-refractivity contribution in [1.82, 2.24) is 5.32 Å². The second-order valence-electron chi connectivity index (χ2n) is 3.09. The first kappa shape index (κ1) is 14.9. The topological polar surface area (TPSA) is 55.1 Å². The number of nitrogens with one attached hydrogen (secondary N) is 1. The van der Waals surface area contributed by atoms with Crippen LogP contribution in [-0.4, -0.2) is 12.5 Å². The Bertz CT molecular complexity index is 319. The molecule has 1 unspecified atom stereocenters. The van der Waals surface area contributed by atoms with Crippen LogP contribution in [0, 0.1) is 5.92 Å². The molecule has 0 aromatic carbocycles. The van der Waals surface area contributed by atoms with Crippen LogP contribution in [0.2, 0.25) is 0 Å². The largest absolute Gasteiger partial charge is 0.351 e. The maximum absolute atomic E-state index is 11.4. The predicted molar refractivity (Wildman–Crippen MR) is 69.3 cm³/mol. The molecule has 0 saturated carbocycles. The first-order valence-corrected chi connectivity index (χ1v) is 6.01. The molecule has 0 radical (unpaired) electrons. The third-order valence-corrected chi connectivity index (χ3v) is 3.56. The molecule has 3 nitrogen and oxygen atoms in total. The van der Waals surface area contributed by atoms with Gasteiger partial charge in [-0.2, -0.15) is 0 Å². The number of thiophene rings is 1.